The predicted octanol–water partition coefficient (Wildman–Crippen LogP) is 4.05. The second-order valence-corrected chi connectivity index (χ2v) is 8.00. The van der Waals surface area contributed by atoms with Gasteiger partial charge in [0.05, 0.1) is 20.6 Å². The number of hydrogen-bond donors (Lipinski definition) is 1. The van der Waals surface area contributed by atoms with E-state index in [0.29, 0.717) is 13.0 Å². The smallest absolute Gasteiger partial charge is 0.302 e. The molecule has 154 valence electrons. The second-order valence-electron chi connectivity index (χ2n) is 8.00. The number of rotatable bonds is 17. The summed E-state index contributed by atoms with van der Waals surface area (Å²) < 4.78 is 5.79. The number of esters is 1. The Labute approximate surface area is 161 Å². The third-order valence-electron chi connectivity index (χ3n) is 4.77. The fraction of sp³-hybridized carbons (Fsp3) is 0.905. The lowest BCUT2D eigenvalue weighted by Gasteiger charge is -2.29. The average molecular weight is 372 g/mol. The van der Waals surface area contributed by atoms with E-state index in [9.17, 15) is 9.59 Å². The van der Waals surface area contributed by atoms with E-state index in [1.54, 1.807) is 0 Å². The molecule has 1 N–H and O–H groups in total. The first-order valence-corrected chi connectivity index (χ1v) is 10.6. The van der Waals surface area contributed by atoms with Crippen molar-refractivity contribution in [3.05, 3.63) is 0 Å². The fourth-order valence-corrected chi connectivity index (χ4v) is 2.97. The van der Waals surface area contributed by atoms with Gasteiger partial charge >= 0.3 is 5.97 Å². The Hall–Kier alpha value is -1.10. The van der Waals surface area contributed by atoms with E-state index < -0.39 is 0 Å². The van der Waals surface area contributed by atoms with Crippen molar-refractivity contribution in [2.75, 3.05) is 40.3 Å². The lowest BCUT2D eigenvalue weighted by atomic mass is 10.1. The van der Waals surface area contributed by atoms with Gasteiger partial charge in [-0.05, 0) is 6.42 Å². The van der Waals surface area contributed by atoms with Crippen LogP contribution in [0, 0.1) is 0 Å². The fourth-order valence-electron chi connectivity index (χ4n) is 2.97. The molecule has 26 heavy (non-hydrogen) atoms. The topological polar surface area (TPSA) is 55.4 Å². The minimum absolute atomic E-state index is 0.179. The quantitative estimate of drug-likeness (QED) is 0.238. The maximum Gasteiger partial charge on any atom is 0.302 e. The minimum Gasteiger partial charge on any atom is -0.460 e. The van der Waals surface area contributed by atoms with Crippen LogP contribution in [0.15, 0.2) is 0 Å². The lowest BCUT2D eigenvalue weighted by molar-refractivity contribution is -0.890. The van der Waals surface area contributed by atoms with Crippen molar-refractivity contribution in [2.45, 2.75) is 84.5 Å². The molecule has 0 aliphatic heterocycles. The molecule has 0 saturated heterocycles. The number of ether oxygens (including phenoxy) is 1. The highest BCUT2D eigenvalue weighted by Crippen LogP contribution is 2.10. The van der Waals surface area contributed by atoms with Gasteiger partial charge in [-0.1, -0.05) is 58.3 Å². The molecule has 0 aromatic heterocycles. The van der Waals surface area contributed by atoms with Crippen molar-refractivity contribution in [2.24, 2.45) is 0 Å². The van der Waals surface area contributed by atoms with Crippen LogP contribution in [-0.2, 0) is 14.3 Å². The van der Waals surface area contributed by atoms with Gasteiger partial charge in [0, 0.05) is 26.3 Å². The average Bonchev–Trinajstić information content (AvgIpc) is 2.57. The van der Waals surface area contributed by atoms with Crippen LogP contribution in [-0.4, -0.2) is 56.7 Å². The molecule has 5 nitrogen and oxygen atoms in total. The van der Waals surface area contributed by atoms with Gasteiger partial charge in [0.15, 0.2) is 0 Å². The summed E-state index contributed by atoms with van der Waals surface area (Å²) in [5, 5.41) is 3.02. The standard InChI is InChI=1S/C21H42N2O3/c1-5-6-7-8-9-10-11-12-13-15-21(25)22-16-14-17-23(3,4)18-19-26-20(2)24/h5-19H2,1-4H3/p+1. The van der Waals surface area contributed by atoms with Crippen molar-refractivity contribution >= 4 is 11.9 Å². The maximum atomic E-state index is 11.8. The van der Waals surface area contributed by atoms with E-state index in [4.69, 9.17) is 4.74 Å². The number of unbranched alkanes of at least 4 members (excludes halogenated alkanes) is 8. The first-order chi connectivity index (χ1) is 12.4. The largest absolute Gasteiger partial charge is 0.460 e. The zero-order valence-corrected chi connectivity index (χ0v) is 17.8. The van der Waals surface area contributed by atoms with Gasteiger partial charge in [-0.25, -0.2) is 0 Å². The van der Waals surface area contributed by atoms with Crippen molar-refractivity contribution in [1.29, 1.82) is 0 Å². The monoisotopic (exact) mass is 371 g/mol. The van der Waals surface area contributed by atoms with E-state index in [0.717, 1.165) is 37.0 Å². The Morgan fingerprint density at radius 3 is 2.00 bits per heavy atom. The Bertz CT molecular complexity index is 370. The number of hydrogen-bond acceptors (Lipinski definition) is 3. The number of nitrogens with one attached hydrogen (secondary N) is 1. The van der Waals surface area contributed by atoms with Crippen molar-refractivity contribution < 1.29 is 18.8 Å². The summed E-state index contributed by atoms with van der Waals surface area (Å²) in [5.41, 5.74) is 0. The summed E-state index contributed by atoms with van der Waals surface area (Å²) in [6.07, 6.45) is 13.1. The molecule has 0 saturated carbocycles. The van der Waals surface area contributed by atoms with Gasteiger partial charge in [0.25, 0.3) is 0 Å². The van der Waals surface area contributed by atoms with Crippen molar-refractivity contribution in [3.63, 3.8) is 0 Å². The molecule has 0 aromatic rings. The van der Waals surface area contributed by atoms with E-state index in [-0.39, 0.29) is 11.9 Å². The second kappa shape index (κ2) is 16.1. The first-order valence-electron chi connectivity index (χ1n) is 10.6. The molecular formula is C21H43N2O3+. The molecule has 0 bridgehead atoms. The van der Waals surface area contributed by atoms with Gasteiger partial charge in [-0.3, -0.25) is 9.59 Å². The van der Waals surface area contributed by atoms with Crippen LogP contribution < -0.4 is 5.32 Å². The van der Waals surface area contributed by atoms with Gasteiger partial charge in [-0.2, -0.15) is 0 Å². The van der Waals surface area contributed by atoms with E-state index in [2.05, 4.69) is 26.3 Å². The lowest BCUT2D eigenvalue weighted by Crippen LogP contribution is -2.44. The predicted molar refractivity (Wildman–Crippen MR) is 108 cm³/mol. The summed E-state index contributed by atoms with van der Waals surface area (Å²) in [4.78, 5) is 22.6. The number of quaternary nitrogens is 1. The highest BCUT2D eigenvalue weighted by atomic mass is 16.5. The molecular weight excluding hydrogens is 328 g/mol. The summed E-state index contributed by atoms with van der Waals surface area (Å²) in [6.45, 7) is 6.62. The van der Waals surface area contributed by atoms with E-state index >= 15 is 0 Å². The number of carbonyl (C=O) groups is 2. The third kappa shape index (κ3) is 17.7. The minimum atomic E-state index is -0.228. The van der Waals surface area contributed by atoms with Gasteiger partial charge in [0.2, 0.25) is 5.91 Å². The van der Waals surface area contributed by atoms with Crippen LogP contribution in [0.25, 0.3) is 0 Å². The van der Waals surface area contributed by atoms with Crippen LogP contribution in [0.3, 0.4) is 0 Å². The van der Waals surface area contributed by atoms with Crippen LogP contribution in [0.1, 0.15) is 84.5 Å². The molecule has 5 heteroatoms. The zero-order chi connectivity index (χ0) is 19.7. The van der Waals surface area contributed by atoms with Crippen LogP contribution in [0.2, 0.25) is 0 Å². The molecule has 0 radical (unpaired) electrons. The third-order valence-corrected chi connectivity index (χ3v) is 4.77. The summed E-state index contributed by atoms with van der Waals surface area (Å²) in [6, 6.07) is 0. The Balaban J connectivity index is 3.47. The zero-order valence-electron chi connectivity index (χ0n) is 17.8. The molecule has 0 aliphatic rings. The summed E-state index contributed by atoms with van der Waals surface area (Å²) >= 11 is 0. The maximum absolute atomic E-state index is 11.8. The Morgan fingerprint density at radius 1 is 0.846 bits per heavy atom. The van der Waals surface area contributed by atoms with Gasteiger partial charge in [-0.15, -0.1) is 0 Å². The number of amides is 1. The number of nitrogens with zero attached hydrogens (tertiary/aromatic N) is 1. The van der Waals surface area contributed by atoms with Crippen LogP contribution in [0.5, 0.6) is 0 Å². The molecule has 1 amide bonds. The number of carbonyl (C=O) groups excluding carboxylic acids is 2. The molecule has 0 spiro atoms. The van der Waals surface area contributed by atoms with Crippen LogP contribution >= 0.6 is 0 Å². The Morgan fingerprint density at radius 2 is 1.42 bits per heavy atom. The molecule has 0 atom stereocenters. The normalized spacial score (nSPS) is 11.4. The molecule has 0 heterocycles. The van der Waals surface area contributed by atoms with Gasteiger partial charge < -0.3 is 14.5 Å². The molecule has 0 aliphatic carbocycles. The molecule has 0 unspecified atom stereocenters. The van der Waals surface area contributed by atoms with E-state index in [1.807, 2.05) is 0 Å². The summed E-state index contributed by atoms with van der Waals surface area (Å²) in [5.74, 6) is -0.0491. The molecule has 0 aromatic carbocycles. The van der Waals surface area contributed by atoms with Gasteiger partial charge in [0.1, 0.15) is 13.2 Å². The Kier molecular flexibility index (Phi) is 15.4. The molecule has 0 fully saturated rings. The SMILES string of the molecule is CCCCCCCCCCCC(=O)NCCC[N+](C)(C)CCOC(C)=O. The van der Waals surface area contributed by atoms with Crippen molar-refractivity contribution in [1.82, 2.24) is 5.32 Å². The molecule has 0 rings (SSSR count). The first kappa shape index (κ1) is 24.9. The van der Waals surface area contributed by atoms with Crippen LogP contribution in [0.4, 0.5) is 0 Å². The van der Waals surface area contributed by atoms with E-state index in [1.165, 1.54) is 58.3 Å². The highest BCUT2D eigenvalue weighted by molar-refractivity contribution is 5.75. The number of likely N-dealkylation sites (N-methyl/N-ethyl adjacent to an activating group) is 1. The highest BCUT2D eigenvalue weighted by Gasteiger charge is 2.15. The van der Waals surface area contributed by atoms with Crippen molar-refractivity contribution in [3.8, 4) is 0 Å². The summed E-state index contributed by atoms with van der Waals surface area (Å²) in [7, 11) is 4.24.